The Bertz CT molecular complexity index is 572. The van der Waals surface area contributed by atoms with Crippen molar-refractivity contribution in [3.05, 3.63) is 59.9 Å². The molecular formula is C14H12FNO3. The number of carbonyl (C=O) groups excluding carboxylic acids is 1. The highest BCUT2D eigenvalue weighted by molar-refractivity contribution is 5.84. The SMILES string of the molecule is O=C(Nc1ccc(O)cc1F)OCc1ccccc1. The first-order valence-corrected chi connectivity index (χ1v) is 5.61. The number of hydrogen-bond acceptors (Lipinski definition) is 3. The predicted molar refractivity (Wildman–Crippen MR) is 68.3 cm³/mol. The van der Waals surface area contributed by atoms with E-state index in [1.165, 1.54) is 12.1 Å². The van der Waals surface area contributed by atoms with Crippen LogP contribution in [-0.2, 0) is 11.3 Å². The molecule has 0 saturated carbocycles. The van der Waals surface area contributed by atoms with Crippen LogP contribution >= 0.6 is 0 Å². The Balaban J connectivity index is 1.91. The fourth-order valence-electron chi connectivity index (χ4n) is 1.47. The van der Waals surface area contributed by atoms with Gasteiger partial charge in [0.1, 0.15) is 18.2 Å². The van der Waals surface area contributed by atoms with Crippen molar-refractivity contribution < 1.29 is 19.0 Å². The van der Waals surface area contributed by atoms with Crippen LogP contribution in [-0.4, -0.2) is 11.2 Å². The first-order chi connectivity index (χ1) is 9.15. The maximum Gasteiger partial charge on any atom is 0.412 e. The lowest BCUT2D eigenvalue weighted by molar-refractivity contribution is 0.155. The number of amides is 1. The highest BCUT2D eigenvalue weighted by Crippen LogP contribution is 2.19. The van der Waals surface area contributed by atoms with Gasteiger partial charge in [0, 0.05) is 6.07 Å². The van der Waals surface area contributed by atoms with Crippen LogP contribution in [0.25, 0.3) is 0 Å². The van der Waals surface area contributed by atoms with E-state index in [4.69, 9.17) is 9.84 Å². The van der Waals surface area contributed by atoms with Crippen LogP contribution in [0.15, 0.2) is 48.5 Å². The highest BCUT2D eigenvalue weighted by Gasteiger charge is 2.08. The molecule has 2 aromatic rings. The third kappa shape index (κ3) is 3.70. The zero-order valence-corrected chi connectivity index (χ0v) is 9.97. The number of phenolic OH excluding ortho intramolecular Hbond substituents is 1. The summed E-state index contributed by atoms with van der Waals surface area (Å²) in [6.45, 7) is 0.104. The average molecular weight is 261 g/mol. The third-order valence-corrected chi connectivity index (χ3v) is 2.40. The van der Waals surface area contributed by atoms with Crippen molar-refractivity contribution in [3.63, 3.8) is 0 Å². The summed E-state index contributed by atoms with van der Waals surface area (Å²) in [5, 5.41) is 11.3. The minimum atomic E-state index is -0.756. The van der Waals surface area contributed by atoms with Gasteiger partial charge in [-0.15, -0.1) is 0 Å². The largest absolute Gasteiger partial charge is 0.508 e. The molecule has 2 rings (SSSR count). The van der Waals surface area contributed by atoms with Gasteiger partial charge in [0.05, 0.1) is 5.69 Å². The van der Waals surface area contributed by atoms with Gasteiger partial charge in [-0.3, -0.25) is 5.32 Å². The average Bonchev–Trinajstić information content (AvgIpc) is 2.41. The third-order valence-electron chi connectivity index (χ3n) is 2.40. The van der Waals surface area contributed by atoms with Gasteiger partial charge in [0.15, 0.2) is 0 Å². The Labute approximate surface area is 109 Å². The molecular weight excluding hydrogens is 249 g/mol. The molecule has 98 valence electrons. The molecule has 0 aliphatic carbocycles. The maximum absolute atomic E-state index is 13.3. The molecule has 0 aliphatic rings. The Morgan fingerprint density at radius 3 is 2.63 bits per heavy atom. The molecule has 0 heterocycles. The van der Waals surface area contributed by atoms with E-state index in [1.807, 2.05) is 30.3 Å². The van der Waals surface area contributed by atoms with Gasteiger partial charge in [0.2, 0.25) is 0 Å². The van der Waals surface area contributed by atoms with Gasteiger partial charge in [0.25, 0.3) is 0 Å². The van der Waals surface area contributed by atoms with Crippen molar-refractivity contribution in [1.82, 2.24) is 0 Å². The molecule has 0 unspecified atom stereocenters. The van der Waals surface area contributed by atoms with Crippen molar-refractivity contribution >= 4 is 11.8 Å². The summed E-state index contributed by atoms with van der Waals surface area (Å²) in [7, 11) is 0. The molecule has 0 aliphatic heterocycles. The van der Waals surface area contributed by atoms with E-state index >= 15 is 0 Å². The van der Waals surface area contributed by atoms with Crippen LogP contribution in [0.1, 0.15) is 5.56 Å². The van der Waals surface area contributed by atoms with E-state index < -0.39 is 11.9 Å². The Morgan fingerprint density at radius 2 is 1.95 bits per heavy atom. The number of hydrogen-bond donors (Lipinski definition) is 2. The number of aromatic hydroxyl groups is 1. The molecule has 0 bridgehead atoms. The van der Waals surface area contributed by atoms with Gasteiger partial charge < -0.3 is 9.84 Å². The number of carbonyl (C=O) groups is 1. The molecule has 0 radical (unpaired) electrons. The summed E-state index contributed by atoms with van der Waals surface area (Å²) in [6, 6.07) is 12.6. The fourth-order valence-corrected chi connectivity index (χ4v) is 1.47. The van der Waals surface area contributed by atoms with E-state index in [-0.39, 0.29) is 18.0 Å². The number of phenols is 1. The molecule has 0 atom stereocenters. The quantitative estimate of drug-likeness (QED) is 0.833. The lowest BCUT2D eigenvalue weighted by atomic mass is 10.2. The fraction of sp³-hybridized carbons (Fsp3) is 0.0714. The number of nitrogens with one attached hydrogen (secondary N) is 1. The van der Waals surface area contributed by atoms with Crippen molar-refractivity contribution in [2.24, 2.45) is 0 Å². The zero-order chi connectivity index (χ0) is 13.7. The molecule has 19 heavy (non-hydrogen) atoms. The monoisotopic (exact) mass is 261 g/mol. The summed E-state index contributed by atoms with van der Waals surface area (Å²) in [5.41, 5.74) is 0.791. The Kier molecular flexibility index (Phi) is 3.97. The van der Waals surface area contributed by atoms with Crippen molar-refractivity contribution in [2.45, 2.75) is 6.61 Å². The van der Waals surface area contributed by atoms with Gasteiger partial charge in [-0.1, -0.05) is 30.3 Å². The number of rotatable bonds is 3. The van der Waals surface area contributed by atoms with E-state index in [9.17, 15) is 9.18 Å². The summed E-state index contributed by atoms with van der Waals surface area (Å²) in [5.74, 6) is -0.933. The van der Waals surface area contributed by atoms with Gasteiger partial charge in [-0.25, -0.2) is 9.18 Å². The van der Waals surface area contributed by atoms with Crippen LogP contribution in [0.4, 0.5) is 14.9 Å². The molecule has 2 N–H and O–H groups in total. The standard InChI is InChI=1S/C14H12FNO3/c15-12-8-11(17)6-7-13(12)16-14(18)19-9-10-4-2-1-3-5-10/h1-8,17H,9H2,(H,16,18). The smallest absolute Gasteiger partial charge is 0.412 e. The zero-order valence-electron chi connectivity index (χ0n) is 9.97. The van der Waals surface area contributed by atoms with E-state index in [0.717, 1.165) is 11.6 Å². The molecule has 2 aromatic carbocycles. The second-order valence-corrected chi connectivity index (χ2v) is 3.85. The van der Waals surface area contributed by atoms with Crippen molar-refractivity contribution in [3.8, 4) is 5.75 Å². The van der Waals surface area contributed by atoms with Crippen molar-refractivity contribution in [1.29, 1.82) is 0 Å². The molecule has 1 amide bonds. The number of anilines is 1. The van der Waals surface area contributed by atoms with Crippen LogP contribution in [0, 0.1) is 5.82 Å². The predicted octanol–water partition coefficient (Wildman–Crippen LogP) is 3.28. The summed E-state index contributed by atoms with van der Waals surface area (Å²) >= 11 is 0. The maximum atomic E-state index is 13.3. The molecule has 0 saturated heterocycles. The second-order valence-electron chi connectivity index (χ2n) is 3.85. The number of benzene rings is 2. The van der Waals surface area contributed by atoms with E-state index in [1.54, 1.807) is 0 Å². The molecule has 0 aromatic heterocycles. The van der Waals surface area contributed by atoms with Crippen LogP contribution in [0.3, 0.4) is 0 Å². The van der Waals surface area contributed by atoms with Crippen LogP contribution in [0.2, 0.25) is 0 Å². The van der Waals surface area contributed by atoms with E-state index in [0.29, 0.717) is 0 Å². The molecule has 4 nitrogen and oxygen atoms in total. The highest BCUT2D eigenvalue weighted by atomic mass is 19.1. The lowest BCUT2D eigenvalue weighted by Crippen LogP contribution is -2.14. The minimum Gasteiger partial charge on any atom is -0.508 e. The van der Waals surface area contributed by atoms with Gasteiger partial charge in [-0.2, -0.15) is 0 Å². The minimum absolute atomic E-state index is 0.0455. The van der Waals surface area contributed by atoms with E-state index in [2.05, 4.69) is 5.32 Å². The summed E-state index contributed by atoms with van der Waals surface area (Å²) in [4.78, 5) is 11.5. The van der Waals surface area contributed by atoms with Gasteiger partial charge >= 0.3 is 6.09 Å². The summed E-state index contributed by atoms with van der Waals surface area (Å²) in [6.07, 6.45) is -0.756. The van der Waals surface area contributed by atoms with Crippen LogP contribution in [0.5, 0.6) is 5.75 Å². The molecule has 0 spiro atoms. The Hall–Kier alpha value is -2.56. The number of ether oxygens (including phenoxy) is 1. The van der Waals surface area contributed by atoms with Crippen LogP contribution < -0.4 is 5.32 Å². The normalized spacial score (nSPS) is 9.95. The first-order valence-electron chi connectivity index (χ1n) is 5.61. The van der Waals surface area contributed by atoms with Crippen molar-refractivity contribution in [2.75, 3.05) is 5.32 Å². The Morgan fingerprint density at radius 1 is 1.21 bits per heavy atom. The summed E-state index contributed by atoms with van der Waals surface area (Å²) < 4.78 is 18.3. The number of halogens is 1. The topological polar surface area (TPSA) is 58.6 Å². The molecule has 5 heteroatoms. The first kappa shape index (κ1) is 12.9. The van der Waals surface area contributed by atoms with Gasteiger partial charge in [-0.05, 0) is 17.7 Å². The molecule has 0 fully saturated rings. The lowest BCUT2D eigenvalue weighted by Gasteiger charge is -2.08. The second kappa shape index (κ2) is 5.86.